The third kappa shape index (κ3) is 46.1. The van der Waals surface area contributed by atoms with Crippen LogP contribution in [0.5, 0.6) is 0 Å². The number of nitrogens with one attached hydrogen (secondary N) is 1. The predicted molar refractivity (Wildman–Crippen MR) is 338 cm³/mol. The SMILES string of the molecule is CCCCCCCC/C=C/CCCCCCCCCCCCCC(=O)OC1C(OCC(NC(=O)C(O)CCCCCCCCCCCCCCCCCCCCCC)C(O)/C=C/CCCCCCCCCCC)OC(CO)C(O)C1O. The predicted octanol–water partition coefficient (Wildman–Crippen LogP) is 17.6. The van der Waals surface area contributed by atoms with E-state index < -0.39 is 67.4 Å². The molecule has 8 unspecified atom stereocenters. The van der Waals surface area contributed by atoms with Crippen molar-refractivity contribution in [3.05, 3.63) is 24.3 Å². The number of amides is 1. The minimum absolute atomic E-state index is 0.127. The number of aliphatic hydroxyl groups is 5. The summed E-state index contributed by atoms with van der Waals surface area (Å²) in [5.41, 5.74) is 0. The van der Waals surface area contributed by atoms with Crippen LogP contribution in [-0.2, 0) is 23.8 Å². The number of carbonyl (C=O) groups is 2. The molecule has 0 aliphatic carbocycles. The molecule has 1 aliphatic heterocycles. The van der Waals surface area contributed by atoms with Crippen LogP contribution in [0.15, 0.2) is 24.3 Å². The normalized spacial score (nSPS) is 18.7. The molecule has 1 amide bonds. The number of esters is 1. The van der Waals surface area contributed by atoms with Crippen molar-refractivity contribution < 1.29 is 49.3 Å². The van der Waals surface area contributed by atoms with Gasteiger partial charge in [-0.1, -0.05) is 315 Å². The number of carbonyl (C=O) groups excluding carboxylic acids is 2. The number of allylic oxidation sites excluding steroid dienone is 3. The van der Waals surface area contributed by atoms with Gasteiger partial charge >= 0.3 is 5.97 Å². The van der Waals surface area contributed by atoms with Gasteiger partial charge in [-0.2, -0.15) is 0 Å². The molecule has 0 radical (unpaired) electrons. The molecule has 478 valence electrons. The van der Waals surface area contributed by atoms with E-state index >= 15 is 0 Å². The zero-order chi connectivity index (χ0) is 58.9. The third-order valence-corrected chi connectivity index (χ3v) is 16.9. The van der Waals surface area contributed by atoms with Gasteiger partial charge in [0.2, 0.25) is 5.91 Å². The van der Waals surface area contributed by atoms with E-state index in [1.807, 2.05) is 6.08 Å². The number of unbranched alkanes of at least 4 members (excludes halogenated alkanes) is 45. The summed E-state index contributed by atoms with van der Waals surface area (Å²) in [6, 6.07) is -1.02. The highest BCUT2D eigenvalue weighted by Gasteiger charge is 2.47. The largest absolute Gasteiger partial charge is 0.454 e. The molecule has 1 fully saturated rings. The number of ether oxygens (including phenoxy) is 3. The maximum Gasteiger partial charge on any atom is 0.306 e. The summed E-state index contributed by atoms with van der Waals surface area (Å²) in [6.45, 7) is 5.84. The minimum atomic E-state index is -1.61. The van der Waals surface area contributed by atoms with Crippen molar-refractivity contribution in [1.29, 1.82) is 0 Å². The Morgan fingerprint density at radius 2 is 0.815 bits per heavy atom. The summed E-state index contributed by atoms with van der Waals surface area (Å²) in [7, 11) is 0. The Morgan fingerprint density at radius 1 is 0.469 bits per heavy atom. The Bertz CT molecular complexity index is 1410. The maximum atomic E-state index is 13.5. The van der Waals surface area contributed by atoms with E-state index in [-0.39, 0.29) is 13.0 Å². The first-order valence-electron chi connectivity index (χ1n) is 35.1. The van der Waals surface area contributed by atoms with Crippen molar-refractivity contribution in [3.8, 4) is 0 Å². The fraction of sp³-hybridized carbons (Fsp3) is 0.914. The van der Waals surface area contributed by atoms with E-state index in [9.17, 15) is 35.1 Å². The molecule has 0 saturated carbocycles. The molecule has 11 heteroatoms. The lowest BCUT2D eigenvalue weighted by Crippen LogP contribution is -2.61. The van der Waals surface area contributed by atoms with Crippen LogP contribution in [0, 0.1) is 0 Å². The summed E-state index contributed by atoms with van der Waals surface area (Å²) in [5, 5.41) is 57.2. The monoisotopic (exact) mass is 1150 g/mol. The summed E-state index contributed by atoms with van der Waals surface area (Å²) >= 11 is 0. The molecule has 0 aromatic heterocycles. The molecule has 1 aliphatic rings. The van der Waals surface area contributed by atoms with E-state index in [4.69, 9.17) is 14.2 Å². The first-order chi connectivity index (χ1) is 39.7. The number of hydrogen-bond acceptors (Lipinski definition) is 10. The van der Waals surface area contributed by atoms with E-state index in [2.05, 4.69) is 38.2 Å². The molecule has 1 rings (SSSR count). The smallest absolute Gasteiger partial charge is 0.306 e. The van der Waals surface area contributed by atoms with Crippen LogP contribution in [0.1, 0.15) is 348 Å². The Labute approximate surface area is 499 Å². The van der Waals surface area contributed by atoms with Gasteiger partial charge in [0.05, 0.1) is 25.4 Å². The molecule has 81 heavy (non-hydrogen) atoms. The van der Waals surface area contributed by atoms with Gasteiger partial charge in [0.1, 0.15) is 24.4 Å². The van der Waals surface area contributed by atoms with Crippen LogP contribution in [0.2, 0.25) is 0 Å². The molecule has 11 nitrogen and oxygen atoms in total. The van der Waals surface area contributed by atoms with Gasteiger partial charge in [-0.3, -0.25) is 9.59 Å². The summed E-state index contributed by atoms with van der Waals surface area (Å²) in [4.78, 5) is 26.6. The van der Waals surface area contributed by atoms with Crippen LogP contribution in [0.25, 0.3) is 0 Å². The van der Waals surface area contributed by atoms with Crippen molar-refractivity contribution in [2.75, 3.05) is 13.2 Å². The number of hydrogen-bond donors (Lipinski definition) is 6. The number of rotatable bonds is 61. The van der Waals surface area contributed by atoms with E-state index in [1.54, 1.807) is 6.08 Å². The fourth-order valence-electron chi connectivity index (χ4n) is 11.3. The molecule has 0 bridgehead atoms. The fourth-order valence-corrected chi connectivity index (χ4v) is 11.3. The minimum Gasteiger partial charge on any atom is -0.454 e. The molecule has 8 atom stereocenters. The first kappa shape index (κ1) is 77.2. The van der Waals surface area contributed by atoms with Gasteiger partial charge in [0, 0.05) is 6.42 Å². The Morgan fingerprint density at radius 3 is 1.20 bits per heavy atom. The average Bonchev–Trinajstić information content (AvgIpc) is 3.50. The highest BCUT2D eigenvalue weighted by molar-refractivity contribution is 5.80. The van der Waals surface area contributed by atoms with E-state index in [0.717, 1.165) is 57.8 Å². The lowest BCUT2D eigenvalue weighted by Gasteiger charge is -2.41. The zero-order valence-corrected chi connectivity index (χ0v) is 53.2. The van der Waals surface area contributed by atoms with Gasteiger partial charge in [-0.25, -0.2) is 0 Å². The van der Waals surface area contributed by atoms with E-state index in [1.165, 1.54) is 244 Å². The lowest BCUT2D eigenvalue weighted by molar-refractivity contribution is -0.305. The first-order valence-corrected chi connectivity index (χ1v) is 35.1. The van der Waals surface area contributed by atoms with Gasteiger partial charge in [0.25, 0.3) is 0 Å². The van der Waals surface area contributed by atoms with Crippen molar-refractivity contribution in [3.63, 3.8) is 0 Å². The summed E-state index contributed by atoms with van der Waals surface area (Å²) < 4.78 is 17.7. The molecular formula is C70H133NO10. The molecule has 0 spiro atoms. The second kappa shape index (κ2) is 58.5. The highest BCUT2D eigenvalue weighted by Crippen LogP contribution is 2.26. The van der Waals surface area contributed by atoms with Crippen LogP contribution >= 0.6 is 0 Å². The Balaban J connectivity index is 2.56. The maximum absolute atomic E-state index is 13.5. The third-order valence-electron chi connectivity index (χ3n) is 16.9. The zero-order valence-electron chi connectivity index (χ0n) is 53.2. The lowest BCUT2D eigenvalue weighted by atomic mass is 9.99. The topological polar surface area (TPSA) is 175 Å². The molecule has 0 aromatic carbocycles. The van der Waals surface area contributed by atoms with Gasteiger partial charge in [-0.15, -0.1) is 0 Å². The van der Waals surface area contributed by atoms with Gasteiger partial charge in [0.15, 0.2) is 12.4 Å². The second-order valence-corrected chi connectivity index (χ2v) is 24.6. The summed E-state index contributed by atoms with van der Waals surface area (Å²) in [6.07, 6.45) is 59.4. The van der Waals surface area contributed by atoms with Gasteiger partial charge in [-0.05, 0) is 51.4 Å². The molecule has 0 aromatic rings. The molecule has 6 N–H and O–H groups in total. The quantitative estimate of drug-likeness (QED) is 0.0195. The second-order valence-electron chi connectivity index (χ2n) is 24.6. The molecule has 1 heterocycles. The summed E-state index contributed by atoms with van der Waals surface area (Å²) in [5.74, 6) is -1.18. The average molecular weight is 1150 g/mol. The van der Waals surface area contributed by atoms with Crippen LogP contribution in [0.3, 0.4) is 0 Å². The highest BCUT2D eigenvalue weighted by atomic mass is 16.7. The standard InChI is InChI=1S/C70H133NO10/c1-4-7-10-13-16-19-22-24-26-28-30-32-34-36-38-40-43-46-49-52-55-58-65(75)81-68-67(77)66(76)64(59-72)80-70(68)79-60-61(62(73)56-53-50-47-44-41-21-18-15-12-9-6-3)71-69(78)63(74)57-54-51-48-45-42-39-37-35-33-31-29-27-25-23-20-17-14-11-8-5-2/h24,26,53,56,61-64,66-68,70,72-74,76-77H,4-23,25,27-52,54-55,57-60H2,1-3H3,(H,71,78)/b26-24+,56-53+. The van der Waals surface area contributed by atoms with Crippen LogP contribution in [0.4, 0.5) is 0 Å². The Hall–Kier alpha value is -1.86. The van der Waals surface area contributed by atoms with Crippen molar-refractivity contribution in [2.24, 2.45) is 0 Å². The Kier molecular flexibility index (Phi) is 55.7. The van der Waals surface area contributed by atoms with Crippen molar-refractivity contribution in [2.45, 2.75) is 397 Å². The molecular weight excluding hydrogens is 1010 g/mol. The van der Waals surface area contributed by atoms with Crippen LogP contribution in [-0.4, -0.2) is 99.6 Å². The van der Waals surface area contributed by atoms with Crippen molar-refractivity contribution in [1.82, 2.24) is 5.32 Å². The van der Waals surface area contributed by atoms with E-state index in [0.29, 0.717) is 19.3 Å². The van der Waals surface area contributed by atoms with Gasteiger partial charge < -0.3 is 45.1 Å². The number of aliphatic hydroxyl groups excluding tert-OH is 5. The molecule has 1 saturated heterocycles. The van der Waals surface area contributed by atoms with Crippen LogP contribution < -0.4 is 5.32 Å². The van der Waals surface area contributed by atoms with Crippen molar-refractivity contribution >= 4 is 11.9 Å².